The molecule has 0 bridgehead atoms. The number of hydrogen-bond acceptors (Lipinski definition) is 9. The van der Waals surface area contributed by atoms with E-state index in [0.717, 1.165) is 54.0 Å². The van der Waals surface area contributed by atoms with Crippen LogP contribution in [0.4, 0.5) is 0 Å². The number of ether oxygens (including phenoxy) is 4. The van der Waals surface area contributed by atoms with Crippen LogP contribution >= 0.6 is 96.0 Å². The van der Waals surface area contributed by atoms with Crippen molar-refractivity contribution in [3.8, 4) is 34.5 Å². The average Bonchev–Trinajstić information content (AvgIpc) is 4.01. The lowest BCUT2D eigenvalue weighted by atomic mass is 9.81. The predicted octanol–water partition coefficient (Wildman–Crippen LogP) is 14.7. The maximum Gasteiger partial charge on any atom is 0.311 e. The van der Waals surface area contributed by atoms with E-state index >= 15 is 0 Å². The van der Waals surface area contributed by atoms with Crippen LogP contribution in [-0.2, 0) is 14.3 Å². The SMILES string of the molecule is C1CCOC1.CN1C[C@@H]2c3ccccc3Oc3ccc(Cl)cc3[C@H]2C1.CNC[C@@H]1c2cc(Cl)ccc2Oc2ccccc2[C@H]1C(=O)O.CNC[C@@H]1c2ccccc2Oc2ccc(Cl)cc2[C@H]1C(=O)O.I.II. The molecule has 0 radical (unpaired) electrons. The first-order chi connectivity index (χ1) is 34.4. The molecule has 11 rings (SSSR count). The van der Waals surface area contributed by atoms with E-state index in [1.807, 2.05) is 67.7 Å². The zero-order valence-corrected chi connectivity index (χ0v) is 48.7. The van der Waals surface area contributed by atoms with Gasteiger partial charge < -0.3 is 44.7 Å². The molecule has 2 saturated heterocycles. The summed E-state index contributed by atoms with van der Waals surface area (Å²) in [5, 5.41) is 27.6. The molecule has 6 aromatic rings. The van der Waals surface area contributed by atoms with Gasteiger partial charge in [0.25, 0.3) is 0 Å². The van der Waals surface area contributed by atoms with Gasteiger partial charge in [-0.2, -0.15) is 0 Å². The van der Waals surface area contributed by atoms with Crippen LogP contribution in [0, 0.1) is 0 Å². The van der Waals surface area contributed by atoms with E-state index < -0.39 is 23.8 Å². The second kappa shape index (κ2) is 27.9. The lowest BCUT2D eigenvalue weighted by Crippen LogP contribution is -2.27. The van der Waals surface area contributed by atoms with E-state index in [1.165, 1.54) is 24.0 Å². The number of benzene rings is 6. The molecular weight excluding hydrogens is 1320 g/mol. The Morgan fingerprint density at radius 3 is 1.39 bits per heavy atom. The molecule has 5 aliphatic heterocycles. The molecular formula is C55H57Cl3I3N3O8. The Labute approximate surface area is 476 Å². The van der Waals surface area contributed by atoms with Crippen LogP contribution in [-0.4, -0.2) is 87.6 Å². The van der Waals surface area contributed by atoms with Crippen molar-refractivity contribution < 1.29 is 38.7 Å². The van der Waals surface area contributed by atoms with Crippen molar-refractivity contribution in [2.75, 3.05) is 60.5 Å². The van der Waals surface area contributed by atoms with Crippen molar-refractivity contribution in [3.05, 3.63) is 176 Å². The predicted molar refractivity (Wildman–Crippen MR) is 314 cm³/mol. The summed E-state index contributed by atoms with van der Waals surface area (Å²) in [6.07, 6.45) is 2.56. The number of nitrogens with zero attached hydrogens (tertiary/aromatic N) is 1. The summed E-state index contributed by atoms with van der Waals surface area (Å²) in [5.41, 5.74) is 5.54. The Balaban J connectivity index is 0.000000164. The molecule has 6 atom stereocenters. The number of likely N-dealkylation sites (N-methyl/N-ethyl adjacent to an activating group) is 3. The Kier molecular flexibility index (Phi) is 22.4. The zero-order valence-electron chi connectivity index (χ0n) is 39.8. The first kappa shape index (κ1) is 57.8. The van der Waals surface area contributed by atoms with Crippen molar-refractivity contribution >= 4 is 108 Å². The Hall–Kier alpha value is -3.44. The molecule has 2 fully saturated rings. The van der Waals surface area contributed by atoms with Crippen LogP contribution in [0.3, 0.4) is 0 Å². The summed E-state index contributed by atoms with van der Waals surface area (Å²) < 4.78 is 23.0. The third-order valence-electron chi connectivity index (χ3n) is 13.1. The minimum absolute atomic E-state index is 0. The van der Waals surface area contributed by atoms with Gasteiger partial charge in [-0.25, -0.2) is 0 Å². The fourth-order valence-electron chi connectivity index (χ4n) is 10.0. The maximum atomic E-state index is 11.9. The molecule has 72 heavy (non-hydrogen) atoms. The number of carboxylic acid groups (broad SMARTS) is 2. The number of hydrogen-bond donors (Lipinski definition) is 4. The van der Waals surface area contributed by atoms with E-state index in [-0.39, 0.29) is 35.8 Å². The number of rotatable bonds is 6. The summed E-state index contributed by atoms with van der Waals surface area (Å²) in [6, 6.07) is 39.6. The van der Waals surface area contributed by atoms with Gasteiger partial charge in [0.05, 0.1) is 11.8 Å². The van der Waals surface area contributed by atoms with Gasteiger partial charge >= 0.3 is 11.9 Å². The minimum atomic E-state index is -0.885. The molecule has 4 N–H and O–H groups in total. The highest BCUT2D eigenvalue weighted by Crippen LogP contribution is 2.51. The second-order valence-corrected chi connectivity index (χ2v) is 19.0. The van der Waals surface area contributed by atoms with E-state index in [0.29, 0.717) is 69.1 Å². The van der Waals surface area contributed by atoms with Crippen molar-refractivity contribution in [2.45, 2.75) is 48.3 Å². The minimum Gasteiger partial charge on any atom is -0.481 e. The highest BCUT2D eigenvalue weighted by Gasteiger charge is 2.40. The maximum absolute atomic E-state index is 11.9. The third-order valence-corrected chi connectivity index (χ3v) is 13.8. The van der Waals surface area contributed by atoms with Gasteiger partial charge in [0, 0.05) is 143 Å². The average molecular weight is 1380 g/mol. The Bertz CT molecular complexity index is 2780. The highest BCUT2D eigenvalue weighted by molar-refractivity contribution is 15.0. The molecule has 0 spiro atoms. The summed E-state index contributed by atoms with van der Waals surface area (Å²) in [5.74, 6) is 1.67. The van der Waals surface area contributed by atoms with Crippen molar-refractivity contribution in [1.82, 2.24) is 15.5 Å². The molecule has 0 saturated carbocycles. The molecule has 0 amide bonds. The normalized spacial score (nSPS) is 20.4. The lowest BCUT2D eigenvalue weighted by molar-refractivity contribution is -0.140. The number of nitrogens with one attached hydrogen (secondary N) is 2. The van der Waals surface area contributed by atoms with E-state index in [1.54, 1.807) is 49.5 Å². The number of para-hydroxylation sites is 3. The van der Waals surface area contributed by atoms with Crippen LogP contribution in [0.25, 0.3) is 0 Å². The topological polar surface area (TPSA) is 139 Å². The van der Waals surface area contributed by atoms with Gasteiger partial charge in [0.1, 0.15) is 34.5 Å². The lowest BCUT2D eigenvalue weighted by Gasteiger charge is -2.23. The number of fused-ring (bicyclic) bond motifs is 9. The highest BCUT2D eigenvalue weighted by atomic mass is 128. The molecule has 5 aliphatic rings. The molecule has 5 heterocycles. The molecule has 17 heteroatoms. The van der Waals surface area contributed by atoms with Crippen LogP contribution in [0.2, 0.25) is 15.1 Å². The van der Waals surface area contributed by atoms with Crippen LogP contribution < -0.4 is 24.8 Å². The van der Waals surface area contributed by atoms with Crippen molar-refractivity contribution in [2.24, 2.45) is 0 Å². The summed E-state index contributed by atoms with van der Waals surface area (Å²) >= 11 is 22.6. The van der Waals surface area contributed by atoms with Crippen molar-refractivity contribution in [3.63, 3.8) is 0 Å². The van der Waals surface area contributed by atoms with Crippen molar-refractivity contribution in [1.29, 1.82) is 0 Å². The summed E-state index contributed by atoms with van der Waals surface area (Å²) in [6.45, 7) is 5.16. The summed E-state index contributed by atoms with van der Waals surface area (Å²) in [7, 11) is 5.80. The van der Waals surface area contributed by atoms with E-state index in [4.69, 9.17) is 53.8 Å². The number of carboxylic acids is 2. The number of carbonyl (C=O) groups is 2. The Morgan fingerprint density at radius 1 is 0.542 bits per heavy atom. The molecule has 0 aromatic heterocycles. The molecule has 6 aromatic carbocycles. The molecule has 0 unspecified atom stereocenters. The van der Waals surface area contributed by atoms with Crippen LogP contribution in [0.15, 0.2) is 127 Å². The van der Waals surface area contributed by atoms with Crippen LogP contribution in [0.1, 0.15) is 81.7 Å². The second-order valence-electron chi connectivity index (χ2n) is 17.7. The van der Waals surface area contributed by atoms with Gasteiger partial charge in [-0.1, -0.05) is 89.4 Å². The summed E-state index contributed by atoms with van der Waals surface area (Å²) in [4.78, 5) is 26.3. The van der Waals surface area contributed by atoms with Gasteiger partial charge in [-0.05, 0) is 112 Å². The molecule has 382 valence electrons. The number of halogens is 6. The molecule has 11 nitrogen and oxygen atoms in total. The van der Waals surface area contributed by atoms with Gasteiger partial charge in [0.2, 0.25) is 0 Å². The quantitative estimate of drug-likeness (QED) is 0.119. The third kappa shape index (κ3) is 13.9. The Morgan fingerprint density at radius 2 is 0.903 bits per heavy atom. The van der Waals surface area contributed by atoms with E-state index in [9.17, 15) is 19.8 Å². The monoisotopic (exact) mass is 1370 g/mol. The first-order valence-electron chi connectivity index (χ1n) is 23.3. The smallest absolute Gasteiger partial charge is 0.311 e. The molecule has 0 aliphatic carbocycles. The number of likely N-dealkylation sites (tertiary alicyclic amines) is 1. The van der Waals surface area contributed by atoms with Gasteiger partial charge in [-0.15, -0.1) is 24.0 Å². The zero-order chi connectivity index (χ0) is 50.6. The fraction of sp³-hybridized carbons (Fsp3) is 0.309. The van der Waals surface area contributed by atoms with Crippen LogP contribution in [0.5, 0.6) is 34.5 Å². The van der Waals surface area contributed by atoms with E-state index in [2.05, 4.69) is 84.1 Å². The largest absolute Gasteiger partial charge is 0.481 e. The number of aliphatic carboxylic acids is 2. The fourth-order valence-corrected chi connectivity index (χ4v) is 10.6. The first-order valence-corrected chi connectivity index (χ1v) is 30.7. The van der Waals surface area contributed by atoms with Gasteiger partial charge in [0.15, 0.2) is 0 Å². The standard InChI is InChI=1S/2C17H16ClNO3.C17H16ClNO.C4H8O.I2.HI/c1-19-9-13-12-8-10(18)6-7-15(12)22-14-5-3-2-4-11(14)16(13)17(20)21;1-19-9-13-11-4-2-3-5-14(11)22-15-7-6-10(18)8-12(15)16(13)17(20)21;1-19-9-14-12-4-2-3-5-16(12)20-17-7-6-11(18)8-13(17)15(14)10-19;1-2-4-5-3-1;1-2;/h2*2-8,13,16,19H,9H2,1H3,(H,20,21);2-8,14-15H,9-10H2,1H3;1-4H2;;1H/t2*13-,16-;14-,15-;;;/m111.../s1. The van der Waals surface area contributed by atoms with Gasteiger partial charge in [-0.3, -0.25) is 9.59 Å².